The molecule has 1 nitrogen and oxygen atoms in total. The fourth-order valence-electron chi connectivity index (χ4n) is 1.09. The second kappa shape index (κ2) is 6.66. The van der Waals surface area contributed by atoms with Crippen molar-refractivity contribution in [3.8, 4) is 0 Å². The van der Waals surface area contributed by atoms with Crippen molar-refractivity contribution in [2.24, 2.45) is 0 Å². The first-order valence-electron chi connectivity index (χ1n) is 5.26. The summed E-state index contributed by atoms with van der Waals surface area (Å²) in [6, 6.07) is 0. The molecule has 0 heterocycles. The van der Waals surface area contributed by atoms with E-state index in [0.29, 0.717) is 0 Å². The van der Waals surface area contributed by atoms with Crippen molar-refractivity contribution in [3.05, 3.63) is 12.3 Å². The number of alkyl halides is 13. The Balaban J connectivity index is 6.07. The first-order chi connectivity index (χ1) is 10.8. The Labute approximate surface area is 127 Å². The van der Waals surface area contributed by atoms with E-state index < -0.39 is 54.7 Å². The van der Waals surface area contributed by atoms with Crippen LogP contribution >= 0.6 is 0 Å². The Morgan fingerprint density at radius 3 is 1.32 bits per heavy atom. The molecule has 0 amide bonds. The van der Waals surface area contributed by atoms with Crippen LogP contribution in [-0.2, 0) is 4.74 Å². The van der Waals surface area contributed by atoms with Crippen LogP contribution in [0.25, 0.3) is 0 Å². The molecule has 0 radical (unpaired) electrons. The van der Waals surface area contributed by atoms with Gasteiger partial charge in [0.1, 0.15) is 0 Å². The molecule has 1 atom stereocenters. The molecule has 1 unspecified atom stereocenters. The van der Waals surface area contributed by atoms with Gasteiger partial charge in [0.25, 0.3) is 0 Å². The van der Waals surface area contributed by atoms with Crippen LogP contribution in [0.1, 0.15) is 0 Å². The van der Waals surface area contributed by atoms with Gasteiger partial charge in [0, 0.05) is 0 Å². The van der Waals surface area contributed by atoms with Gasteiger partial charge in [-0.1, -0.05) is 0 Å². The lowest BCUT2D eigenvalue weighted by atomic mass is 9.94. The van der Waals surface area contributed by atoms with Gasteiger partial charge in [-0.2, -0.15) is 57.1 Å². The van der Waals surface area contributed by atoms with E-state index in [-0.39, 0.29) is 0 Å². The van der Waals surface area contributed by atoms with Crippen molar-refractivity contribution in [2.75, 3.05) is 0 Å². The molecule has 0 aliphatic rings. The molecule has 16 heteroatoms. The Bertz CT molecular complexity index is 491. The van der Waals surface area contributed by atoms with E-state index in [4.69, 9.17) is 0 Å². The topological polar surface area (TPSA) is 9.23 Å². The molecule has 0 saturated carbocycles. The number of hydrogen-bond acceptors (Lipinski definition) is 1. The minimum absolute atomic E-state index is 1.31. The maximum atomic E-state index is 13.0. The minimum Gasteiger partial charge on any atom is -0.456 e. The molecule has 150 valence electrons. The van der Waals surface area contributed by atoms with Crippen LogP contribution in [0.15, 0.2) is 12.3 Å². The van der Waals surface area contributed by atoms with Crippen molar-refractivity contribution in [3.63, 3.8) is 0 Å². The van der Waals surface area contributed by atoms with Crippen LogP contribution in [0.3, 0.4) is 0 Å². The van der Waals surface area contributed by atoms with Crippen molar-refractivity contribution in [1.82, 2.24) is 0 Å². The van der Waals surface area contributed by atoms with E-state index in [0.717, 1.165) is 0 Å². The van der Waals surface area contributed by atoms with Gasteiger partial charge in [0.15, 0.2) is 6.26 Å². The summed E-state index contributed by atoms with van der Waals surface area (Å²) in [7, 11) is 0. The standard InChI is InChI=1S/C9H3F15O/c10-2(11)1-25-4(14)6(17,18)8(21,22)9(23,24)7(19,20)5(15,16)3(12)13/h1,3-4H. The second-order valence-corrected chi connectivity index (χ2v) is 4.13. The average Bonchev–Trinajstić information content (AvgIpc) is 2.43. The molecule has 0 aliphatic heterocycles. The molecule has 0 aliphatic carbocycles. The highest BCUT2D eigenvalue weighted by molar-refractivity contribution is 5.09. The molecule has 0 spiro atoms. The Morgan fingerprint density at radius 1 is 0.640 bits per heavy atom. The predicted molar refractivity (Wildman–Crippen MR) is 47.0 cm³/mol. The van der Waals surface area contributed by atoms with Crippen LogP contribution in [0, 0.1) is 0 Å². The highest BCUT2D eigenvalue weighted by Crippen LogP contribution is 2.59. The van der Waals surface area contributed by atoms with Gasteiger partial charge in [-0.3, -0.25) is 0 Å². The summed E-state index contributed by atoms with van der Waals surface area (Å²) >= 11 is 0. The molecule has 0 aromatic carbocycles. The zero-order valence-electron chi connectivity index (χ0n) is 10.8. The SMILES string of the molecule is FC(F)=COC(F)C(F)(F)C(F)(F)C(F)(F)C(F)(F)C(F)(F)C(F)F. The third-order valence-corrected chi connectivity index (χ3v) is 2.46. The molecule has 0 aromatic rings. The van der Waals surface area contributed by atoms with Gasteiger partial charge in [-0.05, 0) is 0 Å². The van der Waals surface area contributed by atoms with Gasteiger partial charge in [0.05, 0.1) is 0 Å². The molecule has 0 fully saturated rings. The van der Waals surface area contributed by atoms with Crippen LogP contribution in [0.2, 0.25) is 0 Å². The third-order valence-electron chi connectivity index (χ3n) is 2.46. The molecule has 0 saturated heterocycles. The predicted octanol–water partition coefficient (Wildman–Crippen LogP) is 5.48. The highest BCUT2D eigenvalue weighted by atomic mass is 19.4. The summed E-state index contributed by atoms with van der Waals surface area (Å²) in [6.07, 6.45) is -15.3. The van der Waals surface area contributed by atoms with E-state index in [2.05, 4.69) is 4.74 Å². The summed E-state index contributed by atoms with van der Waals surface area (Å²) in [5.41, 5.74) is 0. The third kappa shape index (κ3) is 3.56. The summed E-state index contributed by atoms with van der Waals surface area (Å²) < 4.78 is 189. The fraction of sp³-hybridized carbons (Fsp3) is 0.778. The first-order valence-corrected chi connectivity index (χ1v) is 5.26. The quantitative estimate of drug-likeness (QED) is 0.379. The lowest BCUT2D eigenvalue weighted by Crippen LogP contribution is -2.70. The van der Waals surface area contributed by atoms with Gasteiger partial charge >= 0.3 is 48.5 Å². The summed E-state index contributed by atoms with van der Waals surface area (Å²) in [5, 5.41) is 0. The van der Waals surface area contributed by atoms with Gasteiger partial charge in [0.2, 0.25) is 0 Å². The van der Waals surface area contributed by atoms with E-state index >= 15 is 0 Å². The largest absolute Gasteiger partial charge is 0.456 e. The van der Waals surface area contributed by atoms with E-state index in [9.17, 15) is 65.9 Å². The smallest absolute Gasteiger partial charge is 0.385 e. The number of hydrogen-bond donors (Lipinski definition) is 0. The maximum absolute atomic E-state index is 13.0. The Hall–Kier alpha value is -1.51. The highest BCUT2D eigenvalue weighted by Gasteiger charge is 2.89. The minimum atomic E-state index is -7.96. The Morgan fingerprint density at radius 2 is 1.00 bits per heavy atom. The van der Waals surface area contributed by atoms with Crippen molar-refractivity contribution in [1.29, 1.82) is 0 Å². The molecule has 0 N–H and O–H groups in total. The Kier molecular flexibility index (Phi) is 6.26. The van der Waals surface area contributed by atoms with Crippen molar-refractivity contribution < 1.29 is 70.6 Å². The molecule has 25 heavy (non-hydrogen) atoms. The zero-order chi connectivity index (χ0) is 20.6. The van der Waals surface area contributed by atoms with E-state index in [1.54, 1.807) is 0 Å². The molecular formula is C9H3F15O. The van der Waals surface area contributed by atoms with E-state index in [1.807, 2.05) is 0 Å². The maximum Gasteiger partial charge on any atom is 0.385 e. The second-order valence-electron chi connectivity index (χ2n) is 4.13. The molecular weight excluding hydrogens is 409 g/mol. The lowest BCUT2D eigenvalue weighted by Gasteiger charge is -2.39. The summed E-state index contributed by atoms with van der Waals surface area (Å²) in [5.74, 6) is -37.9. The number of rotatable bonds is 8. The van der Waals surface area contributed by atoms with Crippen LogP contribution < -0.4 is 0 Å². The van der Waals surface area contributed by atoms with Crippen molar-refractivity contribution in [2.45, 2.75) is 42.4 Å². The van der Waals surface area contributed by atoms with Crippen LogP contribution in [0.4, 0.5) is 65.9 Å². The fourth-order valence-corrected chi connectivity index (χ4v) is 1.09. The van der Waals surface area contributed by atoms with Crippen LogP contribution in [-0.4, -0.2) is 42.4 Å². The average molecular weight is 412 g/mol. The van der Waals surface area contributed by atoms with Gasteiger partial charge < -0.3 is 4.74 Å². The van der Waals surface area contributed by atoms with Crippen molar-refractivity contribution >= 4 is 0 Å². The first kappa shape index (κ1) is 23.5. The number of ether oxygens (including phenoxy) is 1. The van der Waals surface area contributed by atoms with Gasteiger partial charge in [-0.25, -0.2) is 8.78 Å². The monoisotopic (exact) mass is 412 g/mol. The zero-order valence-corrected chi connectivity index (χ0v) is 10.8. The molecule has 0 bridgehead atoms. The normalized spacial score (nSPS) is 16.0. The van der Waals surface area contributed by atoms with Gasteiger partial charge in [-0.15, -0.1) is 0 Å². The number of halogens is 15. The van der Waals surface area contributed by atoms with Crippen LogP contribution in [0.5, 0.6) is 0 Å². The lowest BCUT2D eigenvalue weighted by molar-refractivity contribution is -0.425. The van der Waals surface area contributed by atoms with E-state index in [1.165, 1.54) is 0 Å². The summed E-state index contributed by atoms with van der Waals surface area (Å²) in [4.78, 5) is 0. The molecule has 0 rings (SSSR count). The summed E-state index contributed by atoms with van der Waals surface area (Å²) in [6.45, 7) is 0. The molecule has 0 aromatic heterocycles.